The van der Waals surface area contributed by atoms with Crippen LogP contribution in [0, 0.1) is 0 Å². The highest BCUT2D eigenvalue weighted by Gasteiger charge is 2.25. The van der Waals surface area contributed by atoms with Gasteiger partial charge < -0.3 is 24.4 Å². The molecule has 0 aromatic heterocycles. The van der Waals surface area contributed by atoms with Crippen LogP contribution in [0.1, 0.15) is 24.1 Å². The van der Waals surface area contributed by atoms with Gasteiger partial charge in [-0.3, -0.25) is 0 Å². The van der Waals surface area contributed by atoms with Gasteiger partial charge in [0.15, 0.2) is 0 Å². The summed E-state index contributed by atoms with van der Waals surface area (Å²) in [6, 6.07) is 19.2. The molecule has 5 nitrogen and oxygen atoms in total. The number of aliphatic hydroxyl groups excluding tert-OH is 2. The molecule has 1 heterocycles. The van der Waals surface area contributed by atoms with E-state index in [9.17, 15) is 10.2 Å². The first-order valence-electron chi connectivity index (χ1n) is 8.32. The van der Waals surface area contributed by atoms with E-state index in [-0.39, 0.29) is 17.9 Å². The molecule has 0 fully saturated rings. The summed E-state index contributed by atoms with van der Waals surface area (Å²) in [5, 5.41) is 20.2. The molecule has 2 aromatic rings. The zero-order valence-electron chi connectivity index (χ0n) is 14.4. The number of aliphatic hydroxyl groups is 2. The van der Waals surface area contributed by atoms with Gasteiger partial charge in [-0.05, 0) is 24.0 Å². The SMILES string of the molecule is CC(c1ccccc1)N1C=C(O)OB(C=Cc2ccccc2)O/C(O)=C\1. The molecular formula is C20H20BNO4. The lowest BCUT2D eigenvalue weighted by Crippen LogP contribution is -2.26. The van der Waals surface area contributed by atoms with Crippen LogP contribution in [0.3, 0.4) is 0 Å². The van der Waals surface area contributed by atoms with Gasteiger partial charge in [-0.2, -0.15) is 0 Å². The third kappa shape index (κ3) is 4.63. The highest BCUT2D eigenvalue weighted by molar-refractivity contribution is 6.52. The van der Waals surface area contributed by atoms with Crippen molar-refractivity contribution >= 4 is 13.2 Å². The Hall–Kier alpha value is -3.28. The quantitative estimate of drug-likeness (QED) is 0.793. The third-order valence-electron chi connectivity index (χ3n) is 3.97. The number of benzene rings is 2. The van der Waals surface area contributed by atoms with Crippen LogP contribution < -0.4 is 0 Å². The Morgan fingerprint density at radius 1 is 0.885 bits per heavy atom. The average Bonchev–Trinajstić information content (AvgIpc) is 2.65. The molecule has 0 saturated heterocycles. The molecule has 0 bridgehead atoms. The maximum absolute atomic E-state index is 10.1. The van der Waals surface area contributed by atoms with Crippen molar-refractivity contribution in [1.82, 2.24) is 4.90 Å². The maximum atomic E-state index is 10.1. The van der Waals surface area contributed by atoms with Crippen molar-refractivity contribution in [3.8, 4) is 0 Å². The van der Waals surface area contributed by atoms with Crippen molar-refractivity contribution in [2.24, 2.45) is 0 Å². The van der Waals surface area contributed by atoms with E-state index in [1.807, 2.05) is 67.6 Å². The number of hydrogen-bond donors (Lipinski definition) is 2. The van der Waals surface area contributed by atoms with Crippen LogP contribution in [0.4, 0.5) is 0 Å². The Morgan fingerprint density at radius 3 is 2.00 bits per heavy atom. The Balaban J connectivity index is 1.75. The van der Waals surface area contributed by atoms with Gasteiger partial charge in [0.05, 0.1) is 18.4 Å². The van der Waals surface area contributed by atoms with E-state index in [1.54, 1.807) is 17.0 Å². The third-order valence-corrected chi connectivity index (χ3v) is 3.97. The Bertz CT molecular complexity index is 783. The number of hydrogen-bond acceptors (Lipinski definition) is 5. The maximum Gasteiger partial charge on any atom is 0.629 e. The van der Waals surface area contributed by atoms with E-state index in [0.717, 1.165) is 11.1 Å². The van der Waals surface area contributed by atoms with E-state index in [4.69, 9.17) is 9.31 Å². The largest absolute Gasteiger partial charge is 0.629 e. The first-order chi connectivity index (χ1) is 12.6. The van der Waals surface area contributed by atoms with E-state index in [0.29, 0.717) is 0 Å². The fourth-order valence-electron chi connectivity index (χ4n) is 2.57. The van der Waals surface area contributed by atoms with Gasteiger partial charge in [-0.15, -0.1) is 0 Å². The van der Waals surface area contributed by atoms with Crippen LogP contribution in [-0.4, -0.2) is 22.2 Å². The van der Waals surface area contributed by atoms with Gasteiger partial charge in [-0.25, -0.2) is 0 Å². The molecular weight excluding hydrogens is 329 g/mol. The van der Waals surface area contributed by atoms with Gasteiger partial charge in [0.25, 0.3) is 11.9 Å². The van der Waals surface area contributed by atoms with Crippen LogP contribution in [-0.2, 0) is 9.31 Å². The van der Waals surface area contributed by atoms with Crippen molar-refractivity contribution in [3.63, 3.8) is 0 Å². The molecule has 1 aliphatic rings. The number of nitrogens with zero attached hydrogens (tertiary/aromatic N) is 1. The van der Waals surface area contributed by atoms with Gasteiger partial charge in [0, 0.05) is 0 Å². The van der Waals surface area contributed by atoms with Crippen molar-refractivity contribution in [3.05, 3.63) is 102 Å². The fraction of sp³-hybridized carbons (Fsp3) is 0.100. The van der Waals surface area contributed by atoms with Gasteiger partial charge in [-0.1, -0.05) is 66.7 Å². The highest BCUT2D eigenvalue weighted by atomic mass is 16.7. The molecule has 1 atom stereocenters. The monoisotopic (exact) mass is 349 g/mol. The molecule has 0 saturated carbocycles. The van der Waals surface area contributed by atoms with Gasteiger partial charge >= 0.3 is 7.12 Å². The summed E-state index contributed by atoms with van der Waals surface area (Å²) >= 11 is 0. The van der Waals surface area contributed by atoms with Gasteiger partial charge in [0.2, 0.25) is 0 Å². The molecule has 26 heavy (non-hydrogen) atoms. The molecule has 1 aliphatic heterocycles. The summed E-state index contributed by atoms with van der Waals surface area (Å²) in [5.41, 5.74) is 1.97. The molecule has 6 heteroatoms. The summed E-state index contributed by atoms with van der Waals surface area (Å²) < 4.78 is 10.7. The van der Waals surface area contributed by atoms with Crippen LogP contribution in [0.25, 0.3) is 6.08 Å². The molecule has 0 aliphatic carbocycles. The van der Waals surface area contributed by atoms with Crippen molar-refractivity contribution < 1.29 is 19.5 Å². The molecule has 0 amide bonds. The highest BCUT2D eigenvalue weighted by Crippen LogP contribution is 2.24. The normalized spacial score (nSPS) is 18.0. The lowest BCUT2D eigenvalue weighted by Gasteiger charge is -2.27. The summed E-state index contributed by atoms with van der Waals surface area (Å²) in [6.07, 6.45) is 4.62. The molecule has 1 unspecified atom stereocenters. The van der Waals surface area contributed by atoms with Crippen LogP contribution in [0.15, 0.2) is 90.9 Å². The van der Waals surface area contributed by atoms with E-state index >= 15 is 0 Å². The summed E-state index contributed by atoms with van der Waals surface area (Å²) in [7, 11) is -0.947. The predicted octanol–water partition coefficient (Wildman–Crippen LogP) is 4.55. The van der Waals surface area contributed by atoms with Crippen molar-refractivity contribution in [2.45, 2.75) is 13.0 Å². The fourth-order valence-corrected chi connectivity index (χ4v) is 2.57. The first-order valence-corrected chi connectivity index (χ1v) is 8.32. The van der Waals surface area contributed by atoms with E-state index < -0.39 is 7.12 Å². The molecule has 2 N–H and O–H groups in total. The minimum absolute atomic E-state index is 0.135. The zero-order valence-corrected chi connectivity index (χ0v) is 14.4. The second-order valence-electron chi connectivity index (χ2n) is 5.84. The molecule has 132 valence electrons. The zero-order chi connectivity index (χ0) is 18.4. The number of rotatable bonds is 4. The van der Waals surface area contributed by atoms with E-state index in [2.05, 4.69) is 0 Å². The Morgan fingerprint density at radius 2 is 1.42 bits per heavy atom. The first kappa shape index (κ1) is 17.5. The average molecular weight is 349 g/mol. The molecule has 0 spiro atoms. The summed E-state index contributed by atoms with van der Waals surface area (Å²) in [6.45, 7) is 1.94. The van der Waals surface area contributed by atoms with Gasteiger partial charge in [0.1, 0.15) is 0 Å². The van der Waals surface area contributed by atoms with Crippen LogP contribution in [0.5, 0.6) is 0 Å². The topological polar surface area (TPSA) is 62.2 Å². The molecule has 3 rings (SSSR count). The smallest absolute Gasteiger partial charge is 0.494 e. The standard InChI is InChI=1S/C20H20BNO4/c1-16(18-10-6-3-7-11-18)22-14-19(23)25-21(26-20(24)15-22)13-12-17-8-4-2-5-9-17/h2-16,23-24H,1H3/b13-12?,19-14-,20-15?. The van der Waals surface area contributed by atoms with E-state index in [1.165, 1.54) is 12.4 Å². The second-order valence-corrected chi connectivity index (χ2v) is 5.84. The minimum atomic E-state index is -0.947. The Kier molecular flexibility index (Phi) is 5.54. The summed E-state index contributed by atoms with van der Waals surface area (Å²) in [4.78, 5) is 1.62. The van der Waals surface area contributed by atoms with Crippen molar-refractivity contribution in [2.75, 3.05) is 0 Å². The minimum Gasteiger partial charge on any atom is -0.494 e. The summed E-state index contributed by atoms with van der Waals surface area (Å²) in [5.74, 6) is 0.998. The molecule has 0 radical (unpaired) electrons. The second kappa shape index (κ2) is 8.20. The lowest BCUT2D eigenvalue weighted by atomic mass is 9.88. The molecule has 2 aromatic carbocycles. The predicted molar refractivity (Wildman–Crippen MR) is 102 cm³/mol. The lowest BCUT2D eigenvalue weighted by molar-refractivity contribution is 0.117. The van der Waals surface area contributed by atoms with Crippen molar-refractivity contribution in [1.29, 1.82) is 0 Å². The van der Waals surface area contributed by atoms with Crippen LogP contribution >= 0.6 is 0 Å². The van der Waals surface area contributed by atoms with Crippen LogP contribution in [0.2, 0.25) is 0 Å². The Labute approximate surface area is 153 Å².